The standard InChI is InChI=1S/C44H62F3N3O12/c1-6-8-10-21-42(22-11-9-7-2)60-35-31-24-43(40(56)48-23-20-32(52)49-30(26-51)17-19-34(54)59-41(3,4)5)37(39(55)58-31)50(62-38(43)36(35)61-42)25-29-14-12-28(13-15-29)16-18-33(53)57-27-44(45,46)47/h12-16,18,30-31,35-38,51H,6-11,17,19-27H2,1-5H3,(H,48,56)(H,49,52). The van der Waals surface area contributed by atoms with Gasteiger partial charge in [0, 0.05) is 44.7 Å². The molecule has 3 N–H and O–H groups in total. The third kappa shape index (κ3) is 12.5. The normalized spacial score (nSPS) is 25.8. The van der Waals surface area contributed by atoms with Gasteiger partial charge in [-0.3, -0.25) is 24.0 Å². The largest absolute Gasteiger partial charge is 0.460 e. The molecule has 3 heterocycles. The number of rotatable bonds is 22. The number of esters is 3. The highest BCUT2D eigenvalue weighted by atomic mass is 19.4. The van der Waals surface area contributed by atoms with Gasteiger partial charge in [0.25, 0.3) is 0 Å². The van der Waals surface area contributed by atoms with Crippen LogP contribution >= 0.6 is 0 Å². The quantitative estimate of drug-likeness (QED) is 0.0586. The van der Waals surface area contributed by atoms with E-state index in [1.165, 1.54) is 11.1 Å². The van der Waals surface area contributed by atoms with Crippen molar-refractivity contribution < 1.29 is 70.8 Å². The fourth-order valence-electron chi connectivity index (χ4n) is 8.62. The van der Waals surface area contributed by atoms with Crippen molar-refractivity contribution in [3.63, 3.8) is 0 Å². The highest BCUT2D eigenvalue weighted by Crippen LogP contribution is 2.58. The van der Waals surface area contributed by atoms with E-state index in [1.54, 1.807) is 45.0 Å². The van der Waals surface area contributed by atoms with E-state index in [4.69, 9.17) is 23.8 Å². The van der Waals surface area contributed by atoms with Gasteiger partial charge in [-0.15, -0.1) is 0 Å². The molecule has 7 unspecified atom stereocenters. The molecule has 1 aromatic carbocycles. The summed E-state index contributed by atoms with van der Waals surface area (Å²) < 4.78 is 66.6. The Balaban J connectivity index is 1.34. The molecule has 2 amide bonds. The van der Waals surface area contributed by atoms with Gasteiger partial charge in [-0.1, -0.05) is 63.8 Å². The maximum atomic E-state index is 14.7. The second kappa shape index (κ2) is 21.1. The first-order valence-electron chi connectivity index (χ1n) is 21.7. The molecule has 62 heavy (non-hydrogen) atoms. The number of aliphatic hydroxyl groups is 1. The lowest BCUT2D eigenvalue weighted by atomic mass is 9.62. The topological polar surface area (TPSA) is 188 Å². The molecule has 18 heteroatoms. The Morgan fingerprint density at radius 2 is 1.65 bits per heavy atom. The number of hydroxylamine groups is 2. The number of carbonyl (C=O) groups excluding carboxylic acids is 5. The highest BCUT2D eigenvalue weighted by Gasteiger charge is 2.76. The van der Waals surface area contributed by atoms with E-state index in [0.29, 0.717) is 24.0 Å². The van der Waals surface area contributed by atoms with Gasteiger partial charge in [-0.05, 0) is 57.2 Å². The summed E-state index contributed by atoms with van der Waals surface area (Å²) in [7, 11) is 0. The van der Waals surface area contributed by atoms with Crippen molar-refractivity contribution in [1.29, 1.82) is 0 Å². The summed E-state index contributed by atoms with van der Waals surface area (Å²) in [5, 5.41) is 16.9. The molecule has 3 saturated heterocycles. The third-order valence-corrected chi connectivity index (χ3v) is 11.4. The number of unbranched alkanes of at least 4 members (excludes halogenated alkanes) is 4. The Hall–Kier alpha value is -4.10. The van der Waals surface area contributed by atoms with E-state index in [9.17, 15) is 42.3 Å². The van der Waals surface area contributed by atoms with E-state index in [-0.39, 0.29) is 38.8 Å². The SMILES string of the molecule is CCCCCC1(CCCCC)OC2C3CC4(C(=O)NCCC(=O)NC(CO)CCC(=O)OC(C)(C)C)C(ON(Cc5ccc(C=CC(=O)OCC(F)(F)F)cc5)C4C(=O)O3)C2O1. The number of carbonyl (C=O) groups is 5. The molecular weight excluding hydrogens is 819 g/mol. The fraction of sp³-hybridized carbons (Fsp3) is 0.705. The number of benzene rings is 1. The Bertz CT molecular complexity index is 1740. The molecule has 15 nitrogen and oxygen atoms in total. The van der Waals surface area contributed by atoms with Crippen LogP contribution in [0.1, 0.15) is 123 Å². The number of nitrogens with zero attached hydrogens (tertiary/aromatic N) is 1. The zero-order valence-corrected chi connectivity index (χ0v) is 36.3. The molecule has 1 aromatic rings. The maximum Gasteiger partial charge on any atom is 0.422 e. The average Bonchev–Trinajstić information content (AvgIpc) is 3.76. The van der Waals surface area contributed by atoms with Crippen LogP contribution in [0.25, 0.3) is 6.08 Å². The first-order chi connectivity index (χ1) is 29.3. The predicted octanol–water partition coefficient (Wildman–Crippen LogP) is 5.35. The number of hydrogen-bond donors (Lipinski definition) is 3. The molecule has 0 aromatic heterocycles. The van der Waals surface area contributed by atoms with Crippen molar-refractivity contribution in [3.05, 3.63) is 41.5 Å². The van der Waals surface area contributed by atoms with E-state index in [1.807, 2.05) is 0 Å². The fourth-order valence-corrected chi connectivity index (χ4v) is 8.62. The second-order valence-electron chi connectivity index (χ2n) is 17.6. The van der Waals surface area contributed by atoms with Crippen molar-refractivity contribution >= 4 is 35.8 Å². The Labute approximate surface area is 360 Å². The lowest BCUT2D eigenvalue weighted by molar-refractivity contribution is -0.224. The van der Waals surface area contributed by atoms with Crippen molar-refractivity contribution in [2.75, 3.05) is 19.8 Å². The van der Waals surface area contributed by atoms with Crippen molar-refractivity contribution in [3.8, 4) is 0 Å². The van der Waals surface area contributed by atoms with Crippen LogP contribution in [0.3, 0.4) is 0 Å². The van der Waals surface area contributed by atoms with Crippen LogP contribution in [-0.4, -0.2) is 114 Å². The van der Waals surface area contributed by atoms with Gasteiger partial charge < -0.3 is 39.4 Å². The zero-order valence-electron chi connectivity index (χ0n) is 36.3. The Kier molecular flexibility index (Phi) is 16.6. The van der Waals surface area contributed by atoms with Crippen LogP contribution in [0.2, 0.25) is 0 Å². The highest BCUT2D eigenvalue weighted by molar-refractivity contribution is 5.94. The molecule has 5 rings (SSSR count). The molecule has 0 spiro atoms. The van der Waals surface area contributed by atoms with E-state index in [0.717, 1.165) is 44.6 Å². The second-order valence-corrected chi connectivity index (χ2v) is 17.6. The number of fused-ring (bicyclic) bond motifs is 4. The summed E-state index contributed by atoms with van der Waals surface area (Å²) in [5.41, 5.74) is -1.06. The van der Waals surface area contributed by atoms with Gasteiger partial charge in [-0.25, -0.2) is 4.79 Å². The average molecular weight is 882 g/mol. The first-order valence-corrected chi connectivity index (χ1v) is 21.7. The van der Waals surface area contributed by atoms with E-state index >= 15 is 0 Å². The summed E-state index contributed by atoms with van der Waals surface area (Å²) in [6.07, 6.45) is 1.10. The third-order valence-electron chi connectivity index (χ3n) is 11.4. The molecule has 1 aliphatic carbocycles. The van der Waals surface area contributed by atoms with Crippen LogP contribution in [0.15, 0.2) is 30.3 Å². The van der Waals surface area contributed by atoms with Gasteiger partial charge in [0.05, 0.1) is 19.2 Å². The summed E-state index contributed by atoms with van der Waals surface area (Å²) in [5.74, 6) is -4.26. The number of aliphatic hydroxyl groups excluding tert-OH is 1. The monoisotopic (exact) mass is 881 g/mol. The van der Waals surface area contributed by atoms with Crippen LogP contribution in [0.5, 0.6) is 0 Å². The number of alkyl halides is 3. The first kappa shape index (κ1) is 48.9. The molecule has 1 saturated carbocycles. The van der Waals surface area contributed by atoms with Crippen LogP contribution in [0, 0.1) is 5.41 Å². The number of amides is 2. The van der Waals surface area contributed by atoms with Gasteiger partial charge >= 0.3 is 24.1 Å². The van der Waals surface area contributed by atoms with Gasteiger partial charge in [0.1, 0.15) is 35.4 Å². The predicted molar refractivity (Wildman–Crippen MR) is 216 cm³/mol. The summed E-state index contributed by atoms with van der Waals surface area (Å²) in [6, 6.07) is 4.69. The van der Waals surface area contributed by atoms with Gasteiger partial charge in [0.2, 0.25) is 11.8 Å². The minimum Gasteiger partial charge on any atom is -0.460 e. The van der Waals surface area contributed by atoms with Crippen LogP contribution < -0.4 is 10.6 Å². The van der Waals surface area contributed by atoms with Gasteiger partial charge in [0.15, 0.2) is 18.4 Å². The van der Waals surface area contributed by atoms with E-state index < -0.39 is 102 Å². The Morgan fingerprint density at radius 1 is 0.984 bits per heavy atom. The van der Waals surface area contributed by atoms with E-state index in [2.05, 4.69) is 29.2 Å². The molecule has 4 fully saturated rings. The summed E-state index contributed by atoms with van der Waals surface area (Å²) >= 11 is 0. The number of ether oxygens (including phenoxy) is 5. The maximum absolute atomic E-state index is 14.7. The van der Waals surface area contributed by atoms with Crippen molar-refractivity contribution in [2.45, 2.75) is 172 Å². The zero-order chi connectivity index (χ0) is 45.3. The smallest absolute Gasteiger partial charge is 0.422 e. The van der Waals surface area contributed by atoms with Gasteiger partial charge in [-0.2, -0.15) is 18.2 Å². The van der Waals surface area contributed by atoms with Crippen LogP contribution in [-0.2, 0) is 59.0 Å². The molecule has 0 radical (unpaired) electrons. The molecule has 2 bridgehead atoms. The lowest BCUT2D eigenvalue weighted by Crippen LogP contribution is -2.69. The minimum absolute atomic E-state index is 0.0121. The molecule has 7 atom stereocenters. The molecule has 3 aliphatic heterocycles. The molecular formula is C44H62F3N3O12. The molecule has 4 aliphatic rings. The lowest BCUT2D eigenvalue weighted by Gasteiger charge is -2.48. The number of halogens is 3. The minimum atomic E-state index is -4.65. The summed E-state index contributed by atoms with van der Waals surface area (Å²) in [6.45, 7) is 7.23. The molecule has 346 valence electrons. The summed E-state index contributed by atoms with van der Waals surface area (Å²) in [4.78, 5) is 72.4. The number of hydrogen-bond acceptors (Lipinski definition) is 13. The van der Waals surface area contributed by atoms with Crippen molar-refractivity contribution in [2.24, 2.45) is 5.41 Å². The van der Waals surface area contributed by atoms with Crippen molar-refractivity contribution in [1.82, 2.24) is 15.7 Å². The number of nitrogens with one attached hydrogen (secondary N) is 2. The van der Waals surface area contributed by atoms with Crippen LogP contribution in [0.4, 0.5) is 13.2 Å². The Morgan fingerprint density at radius 3 is 2.26 bits per heavy atom.